The molecule has 1 saturated heterocycles. The molecule has 0 saturated carbocycles. The number of aliphatic hydroxyl groups is 5. The molecule has 1 aliphatic heterocycles. The van der Waals surface area contributed by atoms with Gasteiger partial charge in [0.25, 0.3) is 0 Å². The summed E-state index contributed by atoms with van der Waals surface area (Å²) in [6.45, 7) is 9.77. The number of hydrogen-bond donors (Lipinski definition) is 8. The SMILES string of the molecule is CCc1c(O)c(=O)ccn1C.CCc1c(O)c(=O)ccn1CC(O)C(O)C(O)C(O)CO.CCc1c(O)c(=O)ccn1CCN1CCOCC1. The Balaban J connectivity index is 0.000000272. The molecule has 4 rings (SSSR count). The number of morpholine rings is 1. The van der Waals surface area contributed by atoms with Gasteiger partial charge in [-0.2, -0.15) is 0 Å². The van der Waals surface area contributed by atoms with Gasteiger partial charge in [0, 0.05) is 70.0 Å². The third-order valence-electron chi connectivity index (χ3n) is 8.38. The third kappa shape index (κ3) is 11.5. The highest BCUT2D eigenvalue weighted by Crippen LogP contribution is 2.15. The van der Waals surface area contributed by atoms with E-state index in [1.165, 1.54) is 22.9 Å². The second kappa shape index (κ2) is 20.6. The molecule has 280 valence electrons. The first-order valence-electron chi connectivity index (χ1n) is 16.5. The lowest BCUT2D eigenvalue weighted by molar-refractivity contribution is -0.117. The molecule has 8 N–H and O–H groups in total. The molecule has 3 aromatic heterocycles. The largest absolute Gasteiger partial charge is 0.503 e. The fourth-order valence-corrected chi connectivity index (χ4v) is 5.35. The van der Waals surface area contributed by atoms with Crippen LogP contribution < -0.4 is 16.3 Å². The molecule has 4 unspecified atom stereocenters. The summed E-state index contributed by atoms with van der Waals surface area (Å²) in [4.78, 5) is 35.9. The Morgan fingerprint density at radius 1 is 0.660 bits per heavy atom. The lowest BCUT2D eigenvalue weighted by Crippen LogP contribution is -2.47. The summed E-state index contributed by atoms with van der Waals surface area (Å²) in [6, 6.07) is 3.90. The number of rotatable bonds is 12. The Morgan fingerprint density at radius 3 is 1.58 bits per heavy atom. The molecule has 0 spiro atoms. The van der Waals surface area contributed by atoms with Gasteiger partial charge < -0.3 is 59.3 Å². The first kappa shape index (κ1) is 42.1. The molecule has 1 fully saturated rings. The average Bonchev–Trinajstić information content (AvgIpc) is 3.12. The molecule has 4 atom stereocenters. The monoisotopic (exact) mass is 708 g/mol. The second-order valence-electron chi connectivity index (χ2n) is 11.7. The van der Waals surface area contributed by atoms with E-state index in [0.29, 0.717) is 25.0 Å². The zero-order valence-electron chi connectivity index (χ0n) is 29.1. The Bertz CT molecular complexity index is 1670. The summed E-state index contributed by atoms with van der Waals surface area (Å²) in [5.41, 5.74) is 0.530. The van der Waals surface area contributed by atoms with Crippen molar-refractivity contribution in [1.82, 2.24) is 18.6 Å². The van der Waals surface area contributed by atoms with Crippen LogP contribution in [0.4, 0.5) is 0 Å². The summed E-state index contributed by atoms with van der Waals surface area (Å²) in [7, 11) is 1.80. The maximum atomic E-state index is 11.4. The van der Waals surface area contributed by atoms with Crippen LogP contribution in [0.3, 0.4) is 0 Å². The van der Waals surface area contributed by atoms with Crippen LogP contribution in [0.1, 0.15) is 37.9 Å². The first-order valence-corrected chi connectivity index (χ1v) is 16.5. The number of aromatic hydroxyl groups is 3. The Labute approximate surface area is 289 Å². The number of ether oxygens (including phenoxy) is 1. The number of aliphatic hydroxyl groups excluding tert-OH is 5. The van der Waals surface area contributed by atoms with Crippen molar-refractivity contribution in [2.24, 2.45) is 7.05 Å². The Kier molecular flexibility index (Phi) is 17.4. The summed E-state index contributed by atoms with van der Waals surface area (Å²) >= 11 is 0. The zero-order chi connectivity index (χ0) is 37.5. The van der Waals surface area contributed by atoms with E-state index in [-0.39, 0.29) is 34.6 Å². The normalized spacial score (nSPS) is 15.5. The van der Waals surface area contributed by atoms with Gasteiger partial charge in [0.15, 0.2) is 17.2 Å². The number of hydrogen-bond acceptors (Lipinski definition) is 13. The molecular weight excluding hydrogens is 656 g/mol. The molecular formula is C34H52N4O12. The van der Waals surface area contributed by atoms with Crippen molar-refractivity contribution in [2.75, 3.05) is 39.5 Å². The van der Waals surface area contributed by atoms with Crippen LogP contribution in [-0.2, 0) is 44.1 Å². The molecule has 3 aromatic rings. The standard InChI is InChI=1S/C13H20N2O3.C13H21NO7.C8H11NO2/c1-2-11-13(17)12(16)3-4-15(11)6-5-14-7-9-18-10-8-14;1-2-7-11(19)8(16)3-4-14(7)5-9(17)12(20)13(21)10(18)6-15;1-3-6-8(11)7(10)4-5-9(6)2/h3-4,17H,2,5-10H2,1H3;3-4,9-10,12-13,15,17-21H,2,5-6H2,1H3;4-5,11H,3H2,1-2H3. The highest BCUT2D eigenvalue weighted by Gasteiger charge is 2.30. The molecule has 0 aromatic carbocycles. The summed E-state index contributed by atoms with van der Waals surface area (Å²) in [5.74, 6) is -0.669. The van der Waals surface area contributed by atoms with Gasteiger partial charge in [0.1, 0.15) is 24.4 Å². The van der Waals surface area contributed by atoms with Crippen LogP contribution in [0.5, 0.6) is 17.2 Å². The molecule has 16 nitrogen and oxygen atoms in total. The van der Waals surface area contributed by atoms with E-state index >= 15 is 0 Å². The van der Waals surface area contributed by atoms with Gasteiger partial charge >= 0.3 is 0 Å². The van der Waals surface area contributed by atoms with E-state index in [1.54, 1.807) is 30.9 Å². The minimum atomic E-state index is -1.72. The van der Waals surface area contributed by atoms with Crippen LogP contribution in [-0.4, -0.2) is 123 Å². The minimum absolute atomic E-state index is 0.109. The molecule has 1 aliphatic rings. The lowest BCUT2D eigenvalue weighted by atomic mass is 10.0. The zero-order valence-corrected chi connectivity index (χ0v) is 29.1. The van der Waals surface area contributed by atoms with Crippen molar-refractivity contribution in [3.63, 3.8) is 0 Å². The molecule has 50 heavy (non-hydrogen) atoms. The van der Waals surface area contributed by atoms with E-state index in [0.717, 1.165) is 51.2 Å². The number of pyridine rings is 3. The average molecular weight is 709 g/mol. The van der Waals surface area contributed by atoms with Gasteiger partial charge in [-0.05, 0) is 19.3 Å². The summed E-state index contributed by atoms with van der Waals surface area (Å²) in [6.07, 6.45) is -0.0400. The third-order valence-corrected chi connectivity index (χ3v) is 8.38. The number of nitrogens with zero attached hydrogens (tertiary/aromatic N) is 4. The maximum Gasteiger partial charge on any atom is 0.223 e. The maximum absolute atomic E-state index is 11.4. The van der Waals surface area contributed by atoms with Crippen LogP contribution >= 0.6 is 0 Å². The fraction of sp³-hybridized carbons (Fsp3) is 0.559. The van der Waals surface area contributed by atoms with Crippen LogP contribution in [0.15, 0.2) is 51.2 Å². The summed E-state index contributed by atoms with van der Waals surface area (Å²) < 4.78 is 10.4. The van der Waals surface area contributed by atoms with Gasteiger partial charge in [-0.3, -0.25) is 19.3 Å². The van der Waals surface area contributed by atoms with E-state index in [2.05, 4.69) is 4.90 Å². The van der Waals surface area contributed by atoms with Crippen LogP contribution in [0, 0.1) is 0 Å². The predicted molar refractivity (Wildman–Crippen MR) is 185 cm³/mol. The number of aryl methyl sites for hydroxylation is 1. The smallest absolute Gasteiger partial charge is 0.223 e. The fourth-order valence-electron chi connectivity index (χ4n) is 5.35. The van der Waals surface area contributed by atoms with Crippen molar-refractivity contribution >= 4 is 0 Å². The minimum Gasteiger partial charge on any atom is -0.503 e. The van der Waals surface area contributed by atoms with Crippen molar-refractivity contribution < 1.29 is 45.6 Å². The van der Waals surface area contributed by atoms with Crippen molar-refractivity contribution in [2.45, 2.75) is 77.5 Å². The molecule has 0 aliphatic carbocycles. The molecule has 0 radical (unpaired) electrons. The first-order chi connectivity index (χ1) is 23.7. The van der Waals surface area contributed by atoms with Gasteiger partial charge in [-0.1, -0.05) is 20.8 Å². The van der Waals surface area contributed by atoms with Gasteiger partial charge in [0.05, 0.1) is 43.4 Å². The van der Waals surface area contributed by atoms with Crippen LogP contribution in [0.2, 0.25) is 0 Å². The lowest BCUT2D eigenvalue weighted by Gasteiger charge is -2.27. The van der Waals surface area contributed by atoms with Crippen molar-refractivity contribution in [3.8, 4) is 17.2 Å². The second-order valence-corrected chi connectivity index (χ2v) is 11.7. The van der Waals surface area contributed by atoms with E-state index in [4.69, 9.17) is 9.84 Å². The van der Waals surface area contributed by atoms with E-state index in [1.807, 2.05) is 18.4 Å². The van der Waals surface area contributed by atoms with Gasteiger partial charge in [-0.15, -0.1) is 0 Å². The Hall–Kier alpha value is -4.03. The summed E-state index contributed by atoms with van der Waals surface area (Å²) in [5, 5.41) is 75.7. The van der Waals surface area contributed by atoms with Gasteiger partial charge in [-0.25, -0.2) is 0 Å². The Morgan fingerprint density at radius 2 is 1.10 bits per heavy atom. The van der Waals surface area contributed by atoms with E-state index < -0.39 is 42.2 Å². The van der Waals surface area contributed by atoms with Crippen molar-refractivity contribution in [3.05, 3.63) is 84.5 Å². The highest BCUT2D eigenvalue weighted by atomic mass is 16.5. The molecule has 0 bridgehead atoms. The molecule has 16 heteroatoms. The quantitative estimate of drug-likeness (QED) is 0.109. The van der Waals surface area contributed by atoms with E-state index in [9.17, 15) is 50.1 Å². The highest BCUT2D eigenvalue weighted by molar-refractivity contribution is 5.28. The topological polar surface area (TPSA) is 240 Å². The number of aromatic nitrogens is 3. The predicted octanol–water partition coefficient (Wildman–Crippen LogP) is -1.35. The molecule has 4 heterocycles. The van der Waals surface area contributed by atoms with Crippen LogP contribution in [0.25, 0.3) is 0 Å². The van der Waals surface area contributed by atoms with Crippen molar-refractivity contribution in [1.29, 1.82) is 0 Å². The van der Waals surface area contributed by atoms with Gasteiger partial charge in [0.2, 0.25) is 16.3 Å². The molecule has 0 amide bonds.